The number of carboxylic acid groups (broad SMARTS) is 1. The molecule has 1 N–H and O–H groups in total. The van der Waals surface area contributed by atoms with Gasteiger partial charge in [0.25, 0.3) is 0 Å². The van der Waals surface area contributed by atoms with Crippen LogP contribution in [0.5, 0.6) is 0 Å². The lowest BCUT2D eigenvalue weighted by Gasteiger charge is -2.45. The SMILES string of the molecule is CCN1c2cc3c(cc2C(C)=CC1(C)C)C(c1c(Cl)c(Cl)c(Cl)c(Cl)c1C(=O)O)=c1cc2c(cc1C3(C)C)=[N+](CC)C(C)(C)C=C2C. The summed E-state index contributed by atoms with van der Waals surface area (Å²) in [6.07, 6.45) is 4.59. The molecule has 47 heavy (non-hydrogen) atoms. The highest BCUT2D eigenvalue weighted by Crippen LogP contribution is 2.51. The number of benzene rings is 3. The minimum Gasteiger partial charge on any atom is -0.478 e. The monoisotopic (exact) mass is 709 g/mol. The van der Waals surface area contributed by atoms with Gasteiger partial charge in [-0.25, -0.2) is 9.37 Å². The standard InChI is InChI=1S/C39H40Cl4N2O2/c1-11-44-27-15-25-23(13-21(27)19(3)17-37(44,5)6)29(30-31(36(46)47)33(41)35(43)34(42)32(30)40)24-14-22-20(4)18-38(7,8)45(12-2)28(22)16-26(24)39(25,9)10/h13-18H,11-12H2,1-10H3/p+1. The molecule has 0 atom stereocenters. The molecule has 1 aliphatic carbocycles. The van der Waals surface area contributed by atoms with Crippen molar-refractivity contribution in [3.05, 3.63) is 106 Å². The quantitative estimate of drug-likeness (QED) is 0.167. The third-order valence-corrected chi connectivity index (χ3v) is 12.3. The summed E-state index contributed by atoms with van der Waals surface area (Å²) >= 11 is 27.0. The topological polar surface area (TPSA) is 43.6 Å². The van der Waals surface area contributed by atoms with Crippen LogP contribution >= 0.6 is 46.4 Å². The number of anilines is 1. The summed E-state index contributed by atoms with van der Waals surface area (Å²) in [6.45, 7) is 23.7. The molecule has 0 amide bonds. The van der Waals surface area contributed by atoms with Gasteiger partial charge in [-0.2, -0.15) is 0 Å². The number of halogens is 4. The Morgan fingerprint density at radius 3 is 2.00 bits per heavy atom. The highest BCUT2D eigenvalue weighted by Gasteiger charge is 2.41. The van der Waals surface area contributed by atoms with E-state index in [2.05, 4.69) is 115 Å². The molecule has 3 aliphatic rings. The van der Waals surface area contributed by atoms with E-state index in [0.29, 0.717) is 5.57 Å². The Hall–Kier alpha value is -2.76. The molecule has 3 aromatic carbocycles. The van der Waals surface area contributed by atoms with Crippen LogP contribution in [0.25, 0.3) is 16.7 Å². The number of fused-ring (bicyclic) bond motifs is 4. The lowest BCUT2D eigenvalue weighted by molar-refractivity contribution is 0.0696. The smallest absolute Gasteiger partial charge is 0.337 e. The summed E-state index contributed by atoms with van der Waals surface area (Å²) < 4.78 is 2.43. The van der Waals surface area contributed by atoms with Crippen molar-refractivity contribution in [1.29, 1.82) is 0 Å². The molecule has 6 rings (SSSR count). The Kier molecular flexibility index (Phi) is 8.08. The first kappa shape index (κ1) is 34.1. The minimum atomic E-state index is -1.23. The van der Waals surface area contributed by atoms with E-state index in [0.717, 1.165) is 68.3 Å². The molecule has 0 saturated carbocycles. The first-order valence-electron chi connectivity index (χ1n) is 16.1. The average molecular weight is 712 g/mol. The van der Waals surface area contributed by atoms with Crippen LogP contribution in [0.15, 0.2) is 36.4 Å². The summed E-state index contributed by atoms with van der Waals surface area (Å²) in [5, 5.41) is 12.6. The van der Waals surface area contributed by atoms with Crippen LogP contribution < -0.4 is 20.1 Å². The molecule has 3 aromatic rings. The van der Waals surface area contributed by atoms with Gasteiger partial charge in [0.2, 0.25) is 5.36 Å². The van der Waals surface area contributed by atoms with E-state index in [1.165, 1.54) is 0 Å². The lowest BCUT2D eigenvalue weighted by atomic mass is 9.67. The molecule has 0 spiro atoms. The fraction of sp³-hybridized carbons (Fsp3) is 0.385. The van der Waals surface area contributed by atoms with E-state index >= 15 is 0 Å². The highest BCUT2D eigenvalue weighted by atomic mass is 35.5. The molecule has 2 heterocycles. The Labute approximate surface area is 297 Å². The van der Waals surface area contributed by atoms with Crippen molar-refractivity contribution in [3.63, 3.8) is 0 Å². The van der Waals surface area contributed by atoms with Crippen LogP contribution in [0.2, 0.25) is 20.1 Å². The summed E-state index contributed by atoms with van der Waals surface area (Å²) in [5.74, 6) is -1.23. The predicted molar refractivity (Wildman–Crippen MR) is 200 cm³/mol. The zero-order valence-corrected chi connectivity index (χ0v) is 31.7. The van der Waals surface area contributed by atoms with Crippen molar-refractivity contribution in [2.24, 2.45) is 0 Å². The Balaban J connectivity index is 1.92. The largest absolute Gasteiger partial charge is 0.478 e. The van der Waals surface area contributed by atoms with Gasteiger partial charge in [-0.1, -0.05) is 66.3 Å². The van der Waals surface area contributed by atoms with Gasteiger partial charge in [-0.3, -0.25) is 0 Å². The molecule has 2 aliphatic heterocycles. The third kappa shape index (κ3) is 4.84. The fourth-order valence-corrected chi connectivity index (χ4v) is 9.51. The van der Waals surface area contributed by atoms with Crippen LogP contribution in [-0.2, 0) is 5.41 Å². The van der Waals surface area contributed by atoms with Crippen LogP contribution in [0.1, 0.15) is 113 Å². The van der Waals surface area contributed by atoms with Crippen molar-refractivity contribution in [2.75, 3.05) is 18.0 Å². The van der Waals surface area contributed by atoms with Crippen LogP contribution in [0, 0.1) is 0 Å². The van der Waals surface area contributed by atoms with E-state index < -0.39 is 11.4 Å². The number of hydrogen-bond acceptors (Lipinski definition) is 2. The van der Waals surface area contributed by atoms with E-state index in [9.17, 15) is 9.90 Å². The second kappa shape index (κ2) is 11.1. The molecule has 0 fully saturated rings. The normalized spacial score (nSPS) is 18.6. The fourth-order valence-electron chi connectivity index (χ4n) is 8.48. The highest BCUT2D eigenvalue weighted by molar-refractivity contribution is 6.53. The molecule has 0 unspecified atom stereocenters. The van der Waals surface area contributed by atoms with E-state index in [1.807, 2.05) is 0 Å². The van der Waals surface area contributed by atoms with Crippen molar-refractivity contribution >= 4 is 74.8 Å². The van der Waals surface area contributed by atoms with Crippen molar-refractivity contribution in [1.82, 2.24) is 4.58 Å². The number of hydrogen-bond donors (Lipinski definition) is 1. The third-order valence-electron chi connectivity index (χ3n) is 10.5. The van der Waals surface area contributed by atoms with E-state index in [4.69, 9.17) is 46.4 Å². The minimum absolute atomic E-state index is 0.0275. The van der Waals surface area contributed by atoms with Gasteiger partial charge in [-0.05, 0) is 104 Å². The summed E-state index contributed by atoms with van der Waals surface area (Å²) in [6, 6.07) is 9.01. The van der Waals surface area contributed by atoms with Crippen LogP contribution in [0.3, 0.4) is 0 Å². The molecule has 0 bridgehead atoms. The van der Waals surface area contributed by atoms with Crippen molar-refractivity contribution in [3.8, 4) is 0 Å². The van der Waals surface area contributed by atoms with Crippen LogP contribution in [-0.4, -0.2) is 35.2 Å². The van der Waals surface area contributed by atoms with E-state index in [1.54, 1.807) is 0 Å². The van der Waals surface area contributed by atoms with Gasteiger partial charge in [0.15, 0.2) is 5.54 Å². The zero-order chi connectivity index (χ0) is 34.7. The maximum absolute atomic E-state index is 13.0. The molecular weight excluding hydrogens is 670 g/mol. The van der Waals surface area contributed by atoms with Crippen molar-refractivity contribution in [2.45, 2.75) is 85.7 Å². The summed E-state index contributed by atoms with van der Waals surface area (Å²) in [7, 11) is 0. The molecule has 0 aromatic heterocycles. The second-order valence-electron chi connectivity index (χ2n) is 14.6. The Morgan fingerprint density at radius 2 is 1.40 bits per heavy atom. The predicted octanol–water partition coefficient (Wildman–Crippen LogP) is 9.61. The first-order chi connectivity index (χ1) is 21.8. The maximum Gasteiger partial charge on any atom is 0.337 e. The van der Waals surface area contributed by atoms with Gasteiger partial charge in [0.05, 0.1) is 31.2 Å². The van der Waals surface area contributed by atoms with Crippen LogP contribution in [0.4, 0.5) is 5.69 Å². The number of nitrogens with zero attached hydrogens (tertiary/aromatic N) is 2. The number of carbonyl (C=O) groups is 1. The molecular formula is C39H41Cl4N2O2+. The number of allylic oxidation sites excluding steroid dienone is 2. The Morgan fingerprint density at radius 1 is 0.787 bits per heavy atom. The van der Waals surface area contributed by atoms with Gasteiger partial charge >= 0.3 is 5.97 Å². The number of rotatable bonds is 4. The van der Waals surface area contributed by atoms with E-state index in [-0.39, 0.29) is 42.3 Å². The zero-order valence-electron chi connectivity index (χ0n) is 28.6. The molecule has 246 valence electrons. The number of likely N-dealkylation sites (N-methyl/N-ethyl adjacent to an activating group) is 2. The molecule has 4 nitrogen and oxygen atoms in total. The number of carboxylic acids is 1. The average Bonchev–Trinajstić information content (AvgIpc) is 2.97. The van der Waals surface area contributed by atoms with Crippen molar-refractivity contribution < 1.29 is 9.90 Å². The van der Waals surface area contributed by atoms with Gasteiger partial charge in [-0.15, -0.1) is 0 Å². The van der Waals surface area contributed by atoms with Gasteiger partial charge in [0, 0.05) is 54.3 Å². The summed E-state index contributed by atoms with van der Waals surface area (Å²) in [5.41, 5.74) is 8.64. The first-order valence-corrected chi connectivity index (χ1v) is 17.6. The number of aromatic carboxylic acids is 1. The maximum atomic E-state index is 13.0. The van der Waals surface area contributed by atoms with Gasteiger partial charge in [0.1, 0.15) is 6.54 Å². The molecule has 0 saturated heterocycles. The van der Waals surface area contributed by atoms with Gasteiger partial charge < -0.3 is 10.0 Å². The lowest BCUT2D eigenvalue weighted by Crippen LogP contribution is -2.50. The molecule has 8 heteroatoms. The molecule has 0 radical (unpaired) electrons. The Bertz CT molecular complexity index is 2140. The second-order valence-corrected chi connectivity index (χ2v) is 16.1. The summed E-state index contributed by atoms with van der Waals surface area (Å²) in [4.78, 5) is 15.5.